The second kappa shape index (κ2) is 29.9. The van der Waals surface area contributed by atoms with E-state index in [1.165, 1.54) is 65.4 Å². The maximum Gasteiger partial charge on any atom is 0.0360 e. The van der Waals surface area contributed by atoms with Crippen LogP contribution in [0, 0.1) is 20.7 Å². The van der Waals surface area contributed by atoms with Crippen LogP contribution in [-0.4, -0.2) is 26.1 Å². The van der Waals surface area contributed by atoms with Crippen molar-refractivity contribution in [1.82, 2.24) is 9.47 Å². The van der Waals surface area contributed by atoms with Crippen molar-refractivity contribution in [2.24, 2.45) is 0 Å². The maximum atomic E-state index is 8.82. The molecular formula is C87H130N2. The van der Waals surface area contributed by atoms with E-state index < -0.39 is 24.5 Å². The average Bonchev–Trinajstić information content (AvgIpc) is 1.28. The van der Waals surface area contributed by atoms with Crippen LogP contribution in [0.15, 0.2) is 140 Å². The molecule has 2 nitrogen and oxygen atoms in total. The quantitative estimate of drug-likeness (QED) is 0.154. The van der Waals surface area contributed by atoms with E-state index in [0.29, 0.717) is 34.0 Å². The SMILES string of the molecule is CC(C)(C)N1C(C)(C)CCCC1(C)C.CC(C)c1cc(-c2ccccc2)cc(C(C)C)c1C(C)(C)C.Cc1ccc(C)n1C(C)(C)C.[2H]C([2H])([2H])c1cc(-c2ccccc2)cc(C([2H])([2H])C)c1C(C)(C)C.[2H]CC([2H])(C)c1cc(-c2ccccc2)cc(C(C)(C)C[2H])c1C(C)(C)C. The van der Waals surface area contributed by atoms with Crippen LogP contribution in [0.5, 0.6) is 0 Å². The highest BCUT2D eigenvalue weighted by Crippen LogP contribution is 2.45. The molecule has 0 amide bonds. The largest absolute Gasteiger partial charge is 0.344 e. The van der Waals surface area contributed by atoms with Crippen LogP contribution in [0.1, 0.15) is 310 Å². The van der Waals surface area contributed by atoms with Gasteiger partial charge in [-0.05, 0) is 251 Å². The summed E-state index contributed by atoms with van der Waals surface area (Å²) >= 11 is 0. The lowest BCUT2D eigenvalue weighted by atomic mass is 9.70. The summed E-state index contributed by atoms with van der Waals surface area (Å²) in [6, 6.07) is 47.4. The molecule has 488 valence electrons. The lowest BCUT2D eigenvalue weighted by Gasteiger charge is -2.59. The van der Waals surface area contributed by atoms with Crippen LogP contribution in [0.25, 0.3) is 33.4 Å². The van der Waals surface area contributed by atoms with E-state index in [1.54, 1.807) is 12.1 Å². The van der Waals surface area contributed by atoms with E-state index in [-0.39, 0.29) is 46.7 Å². The Bertz CT molecular complexity index is 3500. The molecule has 8 rings (SSSR count). The molecular weight excluding hydrogens is 1070 g/mol. The zero-order chi connectivity index (χ0) is 74.4. The molecule has 1 saturated heterocycles. The van der Waals surface area contributed by atoms with Gasteiger partial charge in [0.05, 0.1) is 0 Å². The van der Waals surface area contributed by atoms with E-state index in [1.807, 2.05) is 76.2 Å². The zero-order valence-electron chi connectivity index (χ0n) is 69.9. The highest BCUT2D eigenvalue weighted by Gasteiger charge is 2.46. The molecule has 1 fully saturated rings. The fraction of sp³-hybridized carbons (Fsp3) is 0.540. The molecule has 0 bridgehead atoms. The molecule has 2 heteroatoms. The smallest absolute Gasteiger partial charge is 0.0360 e. The lowest BCUT2D eigenvalue weighted by Crippen LogP contribution is -2.65. The number of aryl methyl sites for hydroxylation is 4. The van der Waals surface area contributed by atoms with E-state index in [9.17, 15) is 0 Å². The summed E-state index contributed by atoms with van der Waals surface area (Å²) in [5, 5.41) is 0. The van der Waals surface area contributed by atoms with E-state index >= 15 is 0 Å². The first-order chi connectivity index (χ1) is 44.0. The van der Waals surface area contributed by atoms with E-state index in [4.69, 9.17) is 11.0 Å². The predicted octanol–water partition coefficient (Wildman–Crippen LogP) is 26.2. The van der Waals surface area contributed by atoms with Crippen molar-refractivity contribution in [3.05, 3.63) is 201 Å². The Balaban J connectivity index is 0.000000265. The van der Waals surface area contributed by atoms with Crippen molar-refractivity contribution in [3.8, 4) is 33.4 Å². The molecule has 1 aliphatic rings. The van der Waals surface area contributed by atoms with Gasteiger partial charge in [0.1, 0.15) is 0 Å². The van der Waals surface area contributed by atoms with Crippen molar-refractivity contribution in [2.75, 3.05) is 0 Å². The van der Waals surface area contributed by atoms with Crippen molar-refractivity contribution in [2.45, 2.75) is 309 Å². The summed E-state index contributed by atoms with van der Waals surface area (Å²) in [5.74, 6) is 0.0889. The fourth-order valence-electron chi connectivity index (χ4n) is 14.4. The lowest BCUT2D eigenvalue weighted by molar-refractivity contribution is -0.0896. The van der Waals surface area contributed by atoms with Crippen molar-refractivity contribution < 1.29 is 11.0 Å². The zero-order valence-corrected chi connectivity index (χ0v) is 61.9. The number of rotatable bonds is 7. The van der Waals surface area contributed by atoms with Gasteiger partial charge >= 0.3 is 0 Å². The van der Waals surface area contributed by atoms with Gasteiger partial charge in [-0.25, -0.2) is 0 Å². The number of nitrogens with zero attached hydrogens (tertiary/aromatic N) is 2. The molecule has 1 unspecified atom stereocenters. The molecule has 1 aromatic heterocycles. The minimum absolute atomic E-state index is 0.00899. The number of likely N-dealkylation sites (tertiary alicyclic amines) is 1. The number of hydrogen-bond donors (Lipinski definition) is 0. The van der Waals surface area contributed by atoms with E-state index in [0.717, 1.165) is 38.9 Å². The molecule has 2 heterocycles. The van der Waals surface area contributed by atoms with Crippen molar-refractivity contribution in [1.29, 1.82) is 0 Å². The molecule has 0 aliphatic carbocycles. The summed E-state index contributed by atoms with van der Waals surface area (Å²) < 4.78 is 67.6. The molecule has 7 aromatic rings. The topological polar surface area (TPSA) is 8.17 Å². The number of piperidine rings is 1. The first-order valence-corrected chi connectivity index (χ1v) is 33.2. The third-order valence-electron chi connectivity index (χ3n) is 17.2. The third kappa shape index (κ3) is 20.5. The van der Waals surface area contributed by atoms with E-state index in [2.05, 4.69) is 254 Å². The van der Waals surface area contributed by atoms with Crippen molar-refractivity contribution in [3.63, 3.8) is 0 Å². The summed E-state index contributed by atoms with van der Waals surface area (Å²) in [7, 11) is 0. The van der Waals surface area contributed by atoms with Gasteiger partial charge in [0.25, 0.3) is 0 Å². The fourth-order valence-corrected chi connectivity index (χ4v) is 14.4. The number of aromatic nitrogens is 1. The first-order valence-electron chi connectivity index (χ1n) is 37.7. The average molecular weight is 1210 g/mol. The number of hydrogen-bond acceptors (Lipinski definition) is 1. The summed E-state index contributed by atoms with van der Waals surface area (Å²) in [6.07, 6.45) is 2.39. The Morgan fingerprint density at radius 3 is 1.15 bits per heavy atom. The van der Waals surface area contributed by atoms with Gasteiger partial charge < -0.3 is 4.57 Å². The second-order valence-electron chi connectivity index (χ2n) is 33.1. The molecule has 0 spiro atoms. The maximum absolute atomic E-state index is 8.82. The Labute approximate surface area is 560 Å². The molecule has 0 radical (unpaired) electrons. The second-order valence-corrected chi connectivity index (χ2v) is 33.1. The van der Waals surface area contributed by atoms with Crippen LogP contribution in [0.4, 0.5) is 0 Å². The highest BCUT2D eigenvalue weighted by atomic mass is 15.3. The van der Waals surface area contributed by atoms with Gasteiger partial charge in [-0.15, -0.1) is 0 Å². The minimum Gasteiger partial charge on any atom is -0.344 e. The molecule has 0 N–H and O–H groups in total. The first kappa shape index (κ1) is 63.7. The van der Waals surface area contributed by atoms with Crippen LogP contribution < -0.4 is 0 Å². The highest BCUT2D eigenvalue weighted by molar-refractivity contribution is 5.70. The van der Waals surface area contributed by atoms with Crippen LogP contribution in [0.3, 0.4) is 0 Å². The van der Waals surface area contributed by atoms with Gasteiger partial charge in [-0.3, -0.25) is 4.90 Å². The normalized spacial score (nSPS) is 16.9. The standard InChI is InChI=1S/C23H32.C22H30.C19H24.C13H27N.C10H17N/c1-16(2)19-14-18(17-12-10-9-11-13-17)15-20(22(3,4)5)21(19)23(6,7)8;1-15(2)19-13-18(17-11-9-8-10-12-17)14-20(16(3)4)21(19)22(5,6)7;1-6-15-13-17(16-10-8-7-9-11-16)12-14(2)18(15)19(3,4)5;1-11(2,3)14-12(4,5)9-8-10-13(14,6)7;1-8-6-7-9(2)11(8)10(3,4)5/h9-16H,1-8H3;8-16H,1-7H3;7-13H,6H2,1-5H3;8-10H2,1-7H3;6-7H,1-5H3/i1D,3D,16D;;2D3,6D2;;. The Morgan fingerprint density at radius 2 is 0.843 bits per heavy atom. The predicted molar refractivity (Wildman–Crippen MR) is 399 cm³/mol. The van der Waals surface area contributed by atoms with Gasteiger partial charge in [-0.2, -0.15) is 0 Å². The van der Waals surface area contributed by atoms with Crippen LogP contribution in [0.2, 0.25) is 0 Å². The molecule has 89 heavy (non-hydrogen) atoms. The Kier molecular flexibility index (Phi) is 21.4. The Hall–Kier alpha value is -5.44. The minimum atomic E-state index is -2.30. The summed E-state index contributed by atoms with van der Waals surface area (Å²) in [4.78, 5) is 2.70. The van der Waals surface area contributed by atoms with Crippen molar-refractivity contribution >= 4 is 0 Å². The summed E-state index contributed by atoms with van der Waals surface area (Å²) in [6.45, 7) is 61.6. The molecule has 6 aromatic carbocycles. The molecule has 1 atom stereocenters. The third-order valence-corrected chi connectivity index (χ3v) is 17.2. The van der Waals surface area contributed by atoms with Gasteiger partial charge in [0.15, 0.2) is 0 Å². The van der Waals surface area contributed by atoms with Gasteiger partial charge in [0, 0.05) is 44.5 Å². The molecule has 1 aliphatic heterocycles. The molecule has 0 saturated carbocycles. The van der Waals surface area contributed by atoms with Gasteiger partial charge in [0.2, 0.25) is 0 Å². The monoisotopic (exact) mass is 1210 g/mol. The summed E-state index contributed by atoms with van der Waals surface area (Å²) in [5.41, 5.74) is 18.5. The van der Waals surface area contributed by atoms with Crippen LogP contribution in [-0.2, 0) is 33.6 Å². The number of benzene rings is 6. The van der Waals surface area contributed by atoms with Gasteiger partial charge in [-0.1, -0.05) is 259 Å². The van der Waals surface area contributed by atoms with Crippen LogP contribution >= 0.6 is 0 Å². The Morgan fingerprint density at radius 1 is 0.461 bits per heavy atom.